The number of carbonyl (C=O) groups is 1. The summed E-state index contributed by atoms with van der Waals surface area (Å²) in [6.07, 6.45) is 1.13. The lowest BCUT2D eigenvalue weighted by Gasteiger charge is -2.36. The summed E-state index contributed by atoms with van der Waals surface area (Å²) in [7, 11) is 0. The lowest BCUT2D eigenvalue weighted by Crippen LogP contribution is -2.45. The van der Waals surface area contributed by atoms with Gasteiger partial charge in [0.15, 0.2) is 5.82 Å². The lowest BCUT2D eigenvalue weighted by atomic mass is 9.92. The maximum Gasteiger partial charge on any atom is 0.322 e. The molecule has 0 bridgehead atoms. The number of H-pyrrole nitrogens is 1. The van der Waals surface area contributed by atoms with E-state index in [0.29, 0.717) is 60.4 Å². The van der Waals surface area contributed by atoms with Gasteiger partial charge in [-0.3, -0.25) is 4.79 Å². The molecule has 1 fully saturated rings. The predicted molar refractivity (Wildman–Crippen MR) is 157 cm³/mol. The quantitative estimate of drug-likeness (QED) is 0.225. The molecule has 10 heteroatoms. The Bertz CT molecular complexity index is 1670. The van der Waals surface area contributed by atoms with E-state index in [0.717, 1.165) is 5.56 Å². The van der Waals surface area contributed by atoms with Crippen LogP contribution in [0.4, 0.5) is 4.39 Å². The first kappa shape index (κ1) is 28.2. The SMILES string of the molecule is CC1(CNC(=O)Cc2ccccc2)COC(c2nc(-c3ccc(F)cc3)c(-c3ccnc(Oc4ccccc4)n3)[nH]2)OC1. The monoisotopic (exact) mass is 579 g/mol. The van der Waals surface area contributed by atoms with Crippen LogP contribution >= 0.6 is 0 Å². The molecule has 3 heterocycles. The summed E-state index contributed by atoms with van der Waals surface area (Å²) in [5.41, 5.74) is 2.87. The molecule has 6 rings (SSSR count). The molecule has 0 atom stereocenters. The van der Waals surface area contributed by atoms with Crippen molar-refractivity contribution in [1.29, 1.82) is 0 Å². The van der Waals surface area contributed by atoms with Gasteiger partial charge in [0, 0.05) is 23.7 Å². The van der Waals surface area contributed by atoms with Crippen LogP contribution in [-0.4, -0.2) is 45.6 Å². The number of imidazole rings is 1. The van der Waals surface area contributed by atoms with Gasteiger partial charge in [0.1, 0.15) is 11.6 Å². The molecule has 2 N–H and O–H groups in total. The molecule has 1 amide bonds. The third-order valence-electron chi connectivity index (χ3n) is 6.99. The van der Waals surface area contributed by atoms with Crippen molar-refractivity contribution >= 4 is 5.91 Å². The van der Waals surface area contributed by atoms with Gasteiger partial charge >= 0.3 is 6.01 Å². The molecule has 0 aliphatic carbocycles. The molecule has 1 aliphatic heterocycles. The van der Waals surface area contributed by atoms with Gasteiger partial charge in [-0.2, -0.15) is 4.98 Å². The predicted octanol–water partition coefficient (Wildman–Crippen LogP) is 5.88. The summed E-state index contributed by atoms with van der Waals surface area (Å²) in [4.78, 5) is 29.4. The van der Waals surface area contributed by atoms with Crippen LogP contribution in [0.2, 0.25) is 0 Å². The fourth-order valence-electron chi connectivity index (χ4n) is 4.69. The van der Waals surface area contributed by atoms with E-state index < -0.39 is 11.7 Å². The Hall–Kier alpha value is -4.93. The van der Waals surface area contributed by atoms with Gasteiger partial charge in [0.05, 0.1) is 36.7 Å². The maximum absolute atomic E-state index is 13.7. The zero-order valence-electron chi connectivity index (χ0n) is 23.5. The molecule has 218 valence electrons. The Kier molecular flexibility index (Phi) is 8.21. The van der Waals surface area contributed by atoms with Crippen LogP contribution < -0.4 is 10.1 Å². The van der Waals surface area contributed by atoms with Gasteiger partial charge in [-0.1, -0.05) is 55.5 Å². The number of nitrogens with one attached hydrogen (secondary N) is 2. The van der Waals surface area contributed by atoms with Gasteiger partial charge in [-0.05, 0) is 48.0 Å². The minimum absolute atomic E-state index is 0.0605. The second kappa shape index (κ2) is 12.5. The minimum Gasteiger partial charge on any atom is -0.424 e. The second-order valence-corrected chi connectivity index (χ2v) is 10.7. The van der Waals surface area contributed by atoms with Crippen molar-refractivity contribution in [3.63, 3.8) is 0 Å². The average Bonchev–Trinajstić information content (AvgIpc) is 3.48. The van der Waals surface area contributed by atoms with E-state index in [9.17, 15) is 9.18 Å². The maximum atomic E-state index is 13.7. The molecule has 5 aromatic rings. The van der Waals surface area contributed by atoms with Crippen LogP contribution in [-0.2, 0) is 20.7 Å². The van der Waals surface area contributed by atoms with E-state index in [4.69, 9.17) is 19.2 Å². The highest BCUT2D eigenvalue weighted by Gasteiger charge is 2.35. The van der Waals surface area contributed by atoms with E-state index >= 15 is 0 Å². The molecule has 1 aliphatic rings. The van der Waals surface area contributed by atoms with E-state index in [1.54, 1.807) is 24.4 Å². The smallest absolute Gasteiger partial charge is 0.322 e. The van der Waals surface area contributed by atoms with Gasteiger partial charge in [0.25, 0.3) is 0 Å². The Balaban J connectivity index is 1.18. The van der Waals surface area contributed by atoms with Crippen LogP contribution in [0.1, 0.15) is 24.6 Å². The summed E-state index contributed by atoms with van der Waals surface area (Å²) in [6.45, 7) is 3.08. The largest absolute Gasteiger partial charge is 0.424 e. The van der Waals surface area contributed by atoms with Crippen molar-refractivity contribution in [1.82, 2.24) is 25.3 Å². The number of benzene rings is 3. The lowest BCUT2D eigenvalue weighted by molar-refractivity contribution is -0.232. The molecule has 0 saturated carbocycles. The minimum atomic E-state index is -0.775. The van der Waals surface area contributed by atoms with Gasteiger partial charge < -0.3 is 24.5 Å². The summed E-state index contributed by atoms with van der Waals surface area (Å²) >= 11 is 0. The number of hydrogen-bond acceptors (Lipinski definition) is 7. The summed E-state index contributed by atoms with van der Waals surface area (Å²) in [6, 6.07) is 26.8. The molecule has 43 heavy (non-hydrogen) atoms. The summed E-state index contributed by atoms with van der Waals surface area (Å²) in [5.74, 6) is 0.631. The molecule has 0 spiro atoms. The van der Waals surface area contributed by atoms with Crippen molar-refractivity contribution in [2.75, 3.05) is 19.8 Å². The van der Waals surface area contributed by atoms with Crippen LogP contribution in [0.15, 0.2) is 97.2 Å². The van der Waals surface area contributed by atoms with Crippen LogP contribution in [0.5, 0.6) is 11.8 Å². The number of para-hydroxylation sites is 1. The number of nitrogens with zero attached hydrogens (tertiary/aromatic N) is 3. The first-order valence-corrected chi connectivity index (χ1v) is 13.9. The molecule has 0 unspecified atom stereocenters. The molecular formula is C33H30FN5O4. The molecule has 3 aromatic carbocycles. The molecular weight excluding hydrogens is 549 g/mol. The van der Waals surface area contributed by atoms with E-state index in [1.165, 1.54) is 12.1 Å². The van der Waals surface area contributed by atoms with Crippen molar-refractivity contribution in [2.24, 2.45) is 5.41 Å². The fraction of sp³-hybridized carbons (Fsp3) is 0.212. The van der Waals surface area contributed by atoms with Crippen molar-refractivity contribution in [3.8, 4) is 34.4 Å². The average molecular weight is 580 g/mol. The van der Waals surface area contributed by atoms with Gasteiger partial charge in [-0.15, -0.1) is 0 Å². The molecule has 1 saturated heterocycles. The van der Waals surface area contributed by atoms with Gasteiger partial charge in [-0.25, -0.2) is 14.4 Å². The first-order valence-electron chi connectivity index (χ1n) is 13.9. The number of aromatic nitrogens is 4. The topological polar surface area (TPSA) is 111 Å². The summed E-state index contributed by atoms with van der Waals surface area (Å²) < 4.78 is 31.8. The normalized spacial score (nSPS) is 18.2. The van der Waals surface area contributed by atoms with Crippen molar-refractivity contribution in [2.45, 2.75) is 19.6 Å². The third kappa shape index (κ3) is 6.94. The summed E-state index contributed by atoms with van der Waals surface area (Å²) in [5, 5.41) is 3.00. The van der Waals surface area contributed by atoms with Crippen LogP contribution in [0.25, 0.3) is 22.6 Å². The van der Waals surface area contributed by atoms with Gasteiger partial charge in [0.2, 0.25) is 12.2 Å². The molecule has 2 aromatic heterocycles. The van der Waals surface area contributed by atoms with E-state index in [2.05, 4.69) is 20.3 Å². The third-order valence-corrected chi connectivity index (χ3v) is 6.99. The second-order valence-electron chi connectivity index (χ2n) is 10.7. The first-order chi connectivity index (χ1) is 20.9. The number of halogens is 1. The Morgan fingerprint density at radius 2 is 1.67 bits per heavy atom. The molecule has 9 nitrogen and oxygen atoms in total. The van der Waals surface area contributed by atoms with Crippen molar-refractivity contribution in [3.05, 3.63) is 114 Å². The number of hydrogen-bond donors (Lipinski definition) is 2. The number of carbonyl (C=O) groups excluding carboxylic acids is 1. The zero-order chi connectivity index (χ0) is 29.6. The number of aromatic amines is 1. The van der Waals surface area contributed by atoms with Crippen LogP contribution in [0.3, 0.4) is 0 Å². The number of rotatable bonds is 9. The Morgan fingerprint density at radius 1 is 0.977 bits per heavy atom. The highest BCUT2D eigenvalue weighted by Crippen LogP contribution is 2.35. The highest BCUT2D eigenvalue weighted by atomic mass is 19.1. The van der Waals surface area contributed by atoms with Crippen LogP contribution in [0, 0.1) is 11.2 Å². The number of amides is 1. The Labute approximate surface area is 248 Å². The zero-order valence-corrected chi connectivity index (χ0v) is 23.5. The standard InChI is InChI=1S/C33H30FN5O4/c1-33(19-36-27(40)18-22-8-4-2-5-9-22)20-41-31(42-21-33)30-38-28(23-12-14-24(34)15-13-23)29(39-30)26-16-17-35-32(37-26)43-25-10-6-3-7-11-25/h2-17,31H,18-21H2,1H3,(H,36,40)(H,38,39). The van der Waals surface area contributed by atoms with E-state index in [1.807, 2.05) is 67.6 Å². The number of ether oxygens (including phenoxy) is 3. The highest BCUT2D eigenvalue weighted by molar-refractivity contribution is 5.78. The van der Waals surface area contributed by atoms with E-state index in [-0.39, 0.29) is 17.7 Å². The Morgan fingerprint density at radius 3 is 2.40 bits per heavy atom. The fourth-order valence-corrected chi connectivity index (χ4v) is 4.69. The molecule has 0 radical (unpaired) electrons. The van der Waals surface area contributed by atoms with Crippen molar-refractivity contribution < 1.29 is 23.4 Å².